The van der Waals surface area contributed by atoms with E-state index in [1.54, 1.807) is 11.0 Å². The van der Waals surface area contributed by atoms with Crippen LogP contribution in [-0.4, -0.2) is 34.1 Å². The number of carbonyl (C=O) groups excluding carboxylic acids is 1. The number of nitrogens with zero attached hydrogens (tertiary/aromatic N) is 1. The van der Waals surface area contributed by atoms with Crippen molar-refractivity contribution in [2.75, 3.05) is 13.1 Å². The summed E-state index contributed by atoms with van der Waals surface area (Å²) in [5, 5.41) is 19.0. The van der Waals surface area contributed by atoms with Crippen LogP contribution in [0.4, 0.5) is 0 Å². The summed E-state index contributed by atoms with van der Waals surface area (Å²) in [6.07, 6.45) is 2.93. The molecule has 0 saturated carbocycles. The van der Waals surface area contributed by atoms with Crippen molar-refractivity contribution in [1.82, 2.24) is 4.90 Å². The van der Waals surface area contributed by atoms with Gasteiger partial charge in [0.05, 0.1) is 5.56 Å². The van der Waals surface area contributed by atoms with Crippen LogP contribution in [0.3, 0.4) is 0 Å². The molecule has 0 bridgehead atoms. The average molecular weight is 233 g/mol. The monoisotopic (exact) mass is 233 g/mol. The molecule has 0 spiro atoms. The predicted molar refractivity (Wildman–Crippen MR) is 64.0 cm³/mol. The molecule has 1 heterocycles. The summed E-state index contributed by atoms with van der Waals surface area (Å²) >= 11 is 0. The molecule has 0 aliphatic carbocycles. The number of phenolic OH excluding ortho intramolecular Hbond substituents is 2. The second-order valence-electron chi connectivity index (χ2n) is 4.24. The maximum absolute atomic E-state index is 12.1. The maximum atomic E-state index is 12.1. The highest BCUT2D eigenvalue weighted by molar-refractivity contribution is 5.97. The average Bonchev–Trinajstić information content (AvgIpc) is 2.32. The van der Waals surface area contributed by atoms with Gasteiger partial charge >= 0.3 is 0 Å². The molecule has 2 rings (SSSR count). The molecule has 1 aliphatic heterocycles. The zero-order valence-corrected chi connectivity index (χ0v) is 9.68. The van der Waals surface area contributed by atoms with Gasteiger partial charge in [-0.3, -0.25) is 4.79 Å². The lowest BCUT2D eigenvalue weighted by Crippen LogP contribution is -2.35. The number of benzene rings is 1. The zero-order valence-electron chi connectivity index (χ0n) is 9.68. The highest BCUT2D eigenvalue weighted by atomic mass is 16.3. The lowest BCUT2D eigenvalue weighted by Gasteiger charge is -2.26. The first-order chi connectivity index (χ1) is 8.09. The van der Waals surface area contributed by atoms with Crippen molar-refractivity contribution in [3.8, 4) is 11.5 Å². The summed E-state index contributed by atoms with van der Waals surface area (Å²) in [4.78, 5) is 13.8. The van der Waals surface area contributed by atoms with Crippen LogP contribution in [0.1, 0.15) is 23.7 Å². The van der Waals surface area contributed by atoms with Gasteiger partial charge in [0.1, 0.15) is 0 Å². The van der Waals surface area contributed by atoms with Gasteiger partial charge < -0.3 is 15.1 Å². The Bertz CT molecular complexity index is 480. The fourth-order valence-electron chi connectivity index (χ4n) is 1.96. The summed E-state index contributed by atoms with van der Waals surface area (Å²) in [5.74, 6) is -0.851. The maximum Gasteiger partial charge on any atom is 0.258 e. The van der Waals surface area contributed by atoms with E-state index in [-0.39, 0.29) is 23.0 Å². The van der Waals surface area contributed by atoms with E-state index in [0.29, 0.717) is 13.1 Å². The number of rotatable bonds is 1. The first-order valence-corrected chi connectivity index (χ1v) is 5.55. The Morgan fingerprint density at radius 3 is 2.82 bits per heavy atom. The molecule has 17 heavy (non-hydrogen) atoms. The van der Waals surface area contributed by atoms with Gasteiger partial charge in [0.15, 0.2) is 11.5 Å². The summed E-state index contributed by atoms with van der Waals surface area (Å²) < 4.78 is 0. The van der Waals surface area contributed by atoms with Crippen LogP contribution in [0.2, 0.25) is 0 Å². The number of para-hydroxylation sites is 1. The zero-order chi connectivity index (χ0) is 12.4. The Morgan fingerprint density at radius 2 is 2.12 bits per heavy atom. The first kappa shape index (κ1) is 11.5. The van der Waals surface area contributed by atoms with Gasteiger partial charge in [0.2, 0.25) is 0 Å². The molecule has 1 aromatic carbocycles. The second-order valence-corrected chi connectivity index (χ2v) is 4.24. The van der Waals surface area contributed by atoms with E-state index in [0.717, 1.165) is 12.0 Å². The molecule has 0 unspecified atom stereocenters. The quantitative estimate of drug-likeness (QED) is 0.575. The van der Waals surface area contributed by atoms with E-state index in [1.807, 2.05) is 6.92 Å². The smallest absolute Gasteiger partial charge is 0.258 e. The fraction of sp³-hybridized carbons (Fsp3) is 0.308. The molecule has 1 amide bonds. The predicted octanol–water partition coefficient (Wildman–Crippen LogP) is 1.89. The van der Waals surface area contributed by atoms with Gasteiger partial charge in [-0.25, -0.2) is 0 Å². The number of amides is 1. The van der Waals surface area contributed by atoms with Crippen molar-refractivity contribution >= 4 is 5.91 Å². The molecular formula is C13H15NO3. The first-order valence-electron chi connectivity index (χ1n) is 5.55. The summed E-state index contributed by atoms with van der Waals surface area (Å²) in [7, 11) is 0. The van der Waals surface area contributed by atoms with Gasteiger partial charge in [0.25, 0.3) is 5.91 Å². The van der Waals surface area contributed by atoms with Gasteiger partial charge in [-0.2, -0.15) is 0 Å². The molecule has 1 aromatic rings. The number of hydrogen-bond donors (Lipinski definition) is 2. The minimum Gasteiger partial charge on any atom is -0.504 e. The van der Waals surface area contributed by atoms with Crippen LogP contribution in [0.15, 0.2) is 29.8 Å². The van der Waals surface area contributed by atoms with E-state index in [9.17, 15) is 15.0 Å². The lowest BCUT2D eigenvalue weighted by molar-refractivity contribution is 0.0762. The van der Waals surface area contributed by atoms with E-state index in [4.69, 9.17) is 0 Å². The number of phenols is 2. The molecule has 1 aliphatic rings. The highest BCUT2D eigenvalue weighted by Gasteiger charge is 2.21. The lowest BCUT2D eigenvalue weighted by atomic mass is 10.1. The van der Waals surface area contributed by atoms with Gasteiger partial charge in [-0.05, 0) is 25.5 Å². The molecule has 0 saturated heterocycles. The third-order valence-electron chi connectivity index (χ3n) is 2.86. The van der Waals surface area contributed by atoms with Gasteiger partial charge in [-0.1, -0.05) is 17.7 Å². The Kier molecular flexibility index (Phi) is 3.04. The van der Waals surface area contributed by atoms with Crippen LogP contribution in [0.5, 0.6) is 11.5 Å². The normalized spacial score (nSPS) is 15.6. The van der Waals surface area contributed by atoms with Crippen LogP contribution in [-0.2, 0) is 0 Å². The van der Waals surface area contributed by atoms with E-state index in [2.05, 4.69) is 6.08 Å². The largest absolute Gasteiger partial charge is 0.504 e. The molecule has 2 N–H and O–H groups in total. The second kappa shape index (κ2) is 4.49. The number of carbonyl (C=O) groups is 1. The Labute approximate surface area is 99.8 Å². The van der Waals surface area contributed by atoms with E-state index in [1.165, 1.54) is 12.1 Å². The van der Waals surface area contributed by atoms with Crippen LogP contribution in [0.25, 0.3) is 0 Å². The molecule has 0 fully saturated rings. The minimum absolute atomic E-state index is 0.153. The van der Waals surface area contributed by atoms with Crippen molar-refractivity contribution < 1.29 is 15.0 Å². The summed E-state index contributed by atoms with van der Waals surface area (Å²) in [6.45, 7) is 3.20. The number of hydrogen-bond acceptors (Lipinski definition) is 3. The minimum atomic E-state index is -0.343. The van der Waals surface area contributed by atoms with Crippen LogP contribution < -0.4 is 0 Å². The fourth-order valence-corrected chi connectivity index (χ4v) is 1.96. The Morgan fingerprint density at radius 1 is 1.35 bits per heavy atom. The third-order valence-corrected chi connectivity index (χ3v) is 2.86. The number of aromatic hydroxyl groups is 2. The topological polar surface area (TPSA) is 60.8 Å². The SMILES string of the molecule is CC1=CCCN(C(=O)c2cccc(O)c2O)C1. The van der Waals surface area contributed by atoms with E-state index < -0.39 is 0 Å². The van der Waals surface area contributed by atoms with E-state index >= 15 is 0 Å². The van der Waals surface area contributed by atoms with Crippen molar-refractivity contribution in [3.63, 3.8) is 0 Å². The molecule has 0 radical (unpaired) electrons. The van der Waals surface area contributed by atoms with Gasteiger partial charge in [-0.15, -0.1) is 0 Å². The van der Waals surface area contributed by atoms with Crippen LogP contribution in [0, 0.1) is 0 Å². The molecule has 0 atom stereocenters. The van der Waals surface area contributed by atoms with Gasteiger partial charge in [0, 0.05) is 13.1 Å². The molecule has 4 heteroatoms. The highest BCUT2D eigenvalue weighted by Crippen LogP contribution is 2.29. The Hall–Kier alpha value is -1.97. The standard InChI is InChI=1S/C13H15NO3/c1-9-4-3-7-14(8-9)13(17)10-5-2-6-11(15)12(10)16/h2,4-6,15-16H,3,7-8H2,1H3. The van der Waals surface area contributed by atoms with Crippen LogP contribution >= 0.6 is 0 Å². The van der Waals surface area contributed by atoms with Crippen molar-refractivity contribution in [2.45, 2.75) is 13.3 Å². The Balaban J connectivity index is 2.26. The molecule has 4 nitrogen and oxygen atoms in total. The van der Waals surface area contributed by atoms with Crippen molar-refractivity contribution in [1.29, 1.82) is 0 Å². The molecule has 0 aromatic heterocycles. The third kappa shape index (κ3) is 2.25. The summed E-state index contributed by atoms with van der Waals surface area (Å²) in [6, 6.07) is 4.42. The molecular weight excluding hydrogens is 218 g/mol. The molecule has 90 valence electrons. The summed E-state index contributed by atoms with van der Waals surface area (Å²) in [5.41, 5.74) is 1.30. The van der Waals surface area contributed by atoms with Crippen molar-refractivity contribution in [3.05, 3.63) is 35.4 Å². The van der Waals surface area contributed by atoms with Crippen molar-refractivity contribution in [2.24, 2.45) is 0 Å².